The van der Waals surface area contributed by atoms with E-state index in [4.69, 9.17) is 14.2 Å². The predicted octanol–water partition coefficient (Wildman–Crippen LogP) is 2.80. The highest BCUT2D eigenvalue weighted by atomic mass is 35.5. The summed E-state index contributed by atoms with van der Waals surface area (Å²) in [6, 6.07) is 8.29. The zero-order valence-corrected chi connectivity index (χ0v) is 22.0. The molecule has 0 radical (unpaired) electrons. The van der Waals surface area contributed by atoms with Gasteiger partial charge >= 0.3 is 0 Å². The topological polar surface area (TPSA) is 127 Å². The van der Waals surface area contributed by atoms with E-state index in [-0.39, 0.29) is 35.9 Å². The number of hydrogen-bond donors (Lipinski definition) is 2. The van der Waals surface area contributed by atoms with Crippen LogP contribution in [0.2, 0.25) is 0 Å². The number of nitrogens with zero attached hydrogens (tertiary/aromatic N) is 2. The van der Waals surface area contributed by atoms with Gasteiger partial charge in [0.1, 0.15) is 11.8 Å². The van der Waals surface area contributed by atoms with Crippen LogP contribution in [0.25, 0.3) is 0 Å². The first-order valence-corrected chi connectivity index (χ1v) is 12.9. The minimum Gasteiger partial charge on any atom is -0.497 e. The monoisotopic (exact) mass is 543 g/mol. The SMILES string of the molecule is COCCO[C@H]1CC[C@H]([C@H](C(=O)NO)N(Cc2ccncc2)S(=O)(=O)c2ccc(OC)cc2)CC1.Cl. The maximum Gasteiger partial charge on any atom is 0.262 e. The number of carbonyl (C=O) groups excluding carboxylic acids is 1. The third-order valence-electron chi connectivity index (χ3n) is 6.25. The van der Waals surface area contributed by atoms with Crippen molar-refractivity contribution in [3.63, 3.8) is 0 Å². The standard InChI is InChI=1S/C24H33N3O7S.ClH/c1-32-15-16-34-21-5-3-19(4-6-21)23(24(28)26-29)27(17-18-11-13-25-14-12-18)35(30,31)22-9-7-20(33-2)8-10-22;/h7-14,19,21,23,29H,3-6,15-17H2,1-2H3,(H,26,28);1H/t19-,21-,23-;/m1./s1. The smallest absolute Gasteiger partial charge is 0.262 e. The molecule has 1 aliphatic carbocycles. The van der Waals surface area contributed by atoms with Crippen molar-refractivity contribution in [3.05, 3.63) is 54.4 Å². The largest absolute Gasteiger partial charge is 0.497 e. The lowest BCUT2D eigenvalue weighted by Crippen LogP contribution is -2.53. The molecule has 200 valence electrons. The molecule has 0 saturated heterocycles. The molecule has 3 rings (SSSR count). The van der Waals surface area contributed by atoms with Crippen molar-refractivity contribution in [1.82, 2.24) is 14.8 Å². The Morgan fingerprint density at radius 2 is 1.72 bits per heavy atom. The van der Waals surface area contributed by atoms with Gasteiger partial charge in [-0.2, -0.15) is 4.31 Å². The second-order valence-corrected chi connectivity index (χ2v) is 10.3. The Morgan fingerprint density at radius 3 is 2.28 bits per heavy atom. The summed E-state index contributed by atoms with van der Waals surface area (Å²) in [5.74, 6) is -0.555. The van der Waals surface area contributed by atoms with Gasteiger partial charge in [0.25, 0.3) is 5.91 Å². The van der Waals surface area contributed by atoms with Crippen LogP contribution in [-0.2, 0) is 30.8 Å². The average molecular weight is 544 g/mol. The van der Waals surface area contributed by atoms with E-state index in [2.05, 4.69) is 4.98 Å². The molecule has 1 aliphatic rings. The summed E-state index contributed by atoms with van der Waals surface area (Å²) in [5, 5.41) is 9.56. The Labute approximate surface area is 218 Å². The number of benzene rings is 1. The van der Waals surface area contributed by atoms with E-state index < -0.39 is 22.0 Å². The van der Waals surface area contributed by atoms with E-state index >= 15 is 0 Å². The van der Waals surface area contributed by atoms with Gasteiger partial charge < -0.3 is 14.2 Å². The number of carbonyl (C=O) groups is 1. The van der Waals surface area contributed by atoms with Crippen molar-refractivity contribution < 1.29 is 32.6 Å². The number of hydroxylamine groups is 1. The van der Waals surface area contributed by atoms with Gasteiger partial charge in [0.15, 0.2) is 0 Å². The quantitative estimate of drug-likeness (QED) is 0.238. The molecule has 1 fully saturated rings. The zero-order valence-electron chi connectivity index (χ0n) is 20.4. The molecule has 12 heteroatoms. The van der Waals surface area contributed by atoms with Crippen molar-refractivity contribution >= 4 is 28.3 Å². The predicted molar refractivity (Wildman–Crippen MR) is 134 cm³/mol. The molecule has 2 N–H and O–H groups in total. The van der Waals surface area contributed by atoms with E-state index in [9.17, 15) is 18.4 Å². The summed E-state index contributed by atoms with van der Waals surface area (Å²) in [6.07, 6.45) is 5.64. The molecule has 0 spiro atoms. The minimum atomic E-state index is -4.12. The first-order valence-electron chi connectivity index (χ1n) is 11.5. The van der Waals surface area contributed by atoms with Crippen LogP contribution in [0.4, 0.5) is 0 Å². The summed E-state index contributed by atoms with van der Waals surface area (Å²) in [5.41, 5.74) is 2.37. The third-order valence-corrected chi connectivity index (χ3v) is 8.09. The third kappa shape index (κ3) is 7.61. The average Bonchev–Trinajstić information content (AvgIpc) is 2.89. The minimum absolute atomic E-state index is 0. The molecule has 0 aliphatic heterocycles. The highest BCUT2D eigenvalue weighted by molar-refractivity contribution is 7.89. The Hall–Kier alpha value is -2.28. The fourth-order valence-corrected chi connectivity index (χ4v) is 6.04. The van der Waals surface area contributed by atoms with E-state index in [1.807, 2.05) is 0 Å². The second-order valence-electron chi connectivity index (χ2n) is 8.40. The van der Waals surface area contributed by atoms with Crippen molar-refractivity contribution in [2.75, 3.05) is 27.4 Å². The summed E-state index contributed by atoms with van der Waals surface area (Å²) < 4.78 is 44.9. The first-order chi connectivity index (χ1) is 16.9. The number of methoxy groups -OCH3 is 2. The normalized spacial score (nSPS) is 18.8. The van der Waals surface area contributed by atoms with Gasteiger partial charge in [-0.15, -0.1) is 12.4 Å². The fraction of sp³-hybridized carbons (Fsp3) is 0.500. The molecule has 1 amide bonds. The second kappa shape index (κ2) is 14.5. The van der Waals surface area contributed by atoms with Crippen LogP contribution in [-0.4, -0.2) is 68.4 Å². The number of pyridine rings is 1. The van der Waals surface area contributed by atoms with Crippen LogP contribution in [0, 0.1) is 5.92 Å². The molecule has 1 aromatic carbocycles. The molecule has 1 atom stereocenters. The first kappa shape index (κ1) is 29.9. The highest BCUT2D eigenvalue weighted by Gasteiger charge is 2.42. The van der Waals surface area contributed by atoms with Gasteiger partial charge in [-0.05, 0) is 73.6 Å². The van der Waals surface area contributed by atoms with Gasteiger partial charge in [0.2, 0.25) is 10.0 Å². The number of amides is 1. The Bertz CT molecular complexity index is 1030. The van der Waals surface area contributed by atoms with Crippen molar-refractivity contribution in [1.29, 1.82) is 0 Å². The van der Waals surface area contributed by atoms with Crippen LogP contribution in [0.3, 0.4) is 0 Å². The molecule has 0 unspecified atom stereocenters. The molecule has 0 bridgehead atoms. The van der Waals surface area contributed by atoms with Crippen LogP contribution < -0.4 is 10.2 Å². The Kier molecular flexibility index (Phi) is 12.0. The van der Waals surface area contributed by atoms with Crippen molar-refractivity contribution in [2.45, 2.75) is 49.3 Å². The zero-order chi connectivity index (χ0) is 25.3. The van der Waals surface area contributed by atoms with Crippen molar-refractivity contribution in [3.8, 4) is 5.75 Å². The molecule has 1 saturated carbocycles. The Balaban J connectivity index is 0.00000456. The number of ether oxygens (including phenoxy) is 3. The number of aromatic nitrogens is 1. The molecular formula is C24H34ClN3O7S. The van der Waals surface area contributed by atoms with Crippen LogP contribution in [0.1, 0.15) is 31.2 Å². The number of halogens is 1. The van der Waals surface area contributed by atoms with Gasteiger partial charge in [0.05, 0.1) is 31.3 Å². The van der Waals surface area contributed by atoms with Crippen LogP contribution in [0.5, 0.6) is 5.75 Å². The number of sulfonamides is 1. The lowest BCUT2D eigenvalue weighted by molar-refractivity contribution is -0.136. The molecule has 1 heterocycles. The fourth-order valence-electron chi connectivity index (χ4n) is 4.40. The number of nitrogens with one attached hydrogen (secondary N) is 1. The molecule has 36 heavy (non-hydrogen) atoms. The summed E-state index contributed by atoms with van der Waals surface area (Å²) >= 11 is 0. The summed E-state index contributed by atoms with van der Waals surface area (Å²) in [7, 11) is -1.02. The summed E-state index contributed by atoms with van der Waals surface area (Å²) in [4.78, 5) is 17.0. The van der Waals surface area contributed by atoms with Gasteiger partial charge in [-0.1, -0.05) is 0 Å². The lowest BCUT2D eigenvalue weighted by Gasteiger charge is -2.38. The van der Waals surface area contributed by atoms with E-state index in [1.165, 1.54) is 23.5 Å². The van der Waals surface area contributed by atoms with E-state index in [0.717, 1.165) is 0 Å². The summed E-state index contributed by atoms with van der Waals surface area (Å²) in [6.45, 7) is 0.918. The van der Waals surface area contributed by atoms with Crippen LogP contribution >= 0.6 is 12.4 Å². The lowest BCUT2D eigenvalue weighted by atomic mass is 9.82. The van der Waals surface area contributed by atoms with Gasteiger partial charge in [-0.25, -0.2) is 13.9 Å². The maximum absolute atomic E-state index is 13.8. The maximum atomic E-state index is 13.8. The highest BCUT2D eigenvalue weighted by Crippen LogP contribution is 2.34. The van der Waals surface area contributed by atoms with Crippen LogP contribution in [0.15, 0.2) is 53.7 Å². The molecule has 2 aromatic rings. The molecule has 10 nitrogen and oxygen atoms in total. The van der Waals surface area contributed by atoms with Gasteiger partial charge in [-0.3, -0.25) is 15.0 Å². The van der Waals surface area contributed by atoms with E-state index in [0.29, 0.717) is 50.2 Å². The molecular weight excluding hydrogens is 510 g/mol. The Morgan fingerprint density at radius 1 is 1.08 bits per heavy atom. The van der Waals surface area contributed by atoms with Gasteiger partial charge in [0, 0.05) is 26.0 Å². The molecule has 1 aromatic heterocycles. The van der Waals surface area contributed by atoms with Crippen molar-refractivity contribution in [2.24, 2.45) is 5.92 Å². The number of rotatable bonds is 12. The number of hydrogen-bond acceptors (Lipinski definition) is 8. The van der Waals surface area contributed by atoms with E-state index in [1.54, 1.807) is 49.2 Å².